The van der Waals surface area contributed by atoms with Crippen LogP contribution in [0.25, 0.3) is 0 Å². The van der Waals surface area contributed by atoms with E-state index in [0.29, 0.717) is 0 Å². The average Bonchev–Trinajstić information content (AvgIpc) is 2.39. The van der Waals surface area contributed by atoms with Gasteiger partial charge in [-0.05, 0) is 25.2 Å². The zero-order chi connectivity index (χ0) is 8.32. The number of rotatable bonds is 3. The zero-order valence-electron chi connectivity index (χ0n) is 7.64. The fourth-order valence-electron chi connectivity index (χ4n) is 2.07. The predicted molar refractivity (Wildman–Crippen MR) is 51.4 cm³/mol. The molecule has 0 saturated heterocycles. The monoisotopic (exact) mass is 174 g/mol. The first-order valence-corrected chi connectivity index (χ1v) is 6.41. The van der Waals surface area contributed by atoms with Gasteiger partial charge < -0.3 is 5.11 Å². The molecule has 0 spiro atoms. The molecule has 0 atom stereocenters. The van der Waals surface area contributed by atoms with Gasteiger partial charge in [0.25, 0.3) is 0 Å². The summed E-state index contributed by atoms with van der Waals surface area (Å²) >= 11 is 0. The molecule has 1 N–H and O–H groups in total. The average molecular weight is 174 g/mol. The Hall–Kier alpha value is 0.390. The Kier molecular flexibility index (Phi) is 3.33. The third-order valence-electron chi connectivity index (χ3n) is 2.76. The quantitative estimate of drug-likeness (QED) is 0.652. The molecule has 0 aromatic heterocycles. The van der Waals surface area contributed by atoms with Crippen molar-refractivity contribution in [2.75, 3.05) is 12.3 Å². The summed E-state index contributed by atoms with van der Waals surface area (Å²) in [5.41, 5.74) is 0. The normalized spacial score (nSPS) is 22.9. The fraction of sp³-hybridized carbons (Fsp3) is 1.00. The summed E-state index contributed by atoms with van der Waals surface area (Å²) in [6.45, 7) is 4.43. The van der Waals surface area contributed by atoms with Crippen molar-refractivity contribution in [1.29, 1.82) is 0 Å². The Morgan fingerprint density at radius 2 is 1.64 bits per heavy atom. The van der Waals surface area contributed by atoms with Crippen molar-refractivity contribution >= 4 is 7.92 Å². The van der Waals surface area contributed by atoms with Crippen LogP contribution in [-0.4, -0.2) is 22.8 Å². The molecule has 0 aromatic carbocycles. The molecule has 0 unspecified atom stereocenters. The molecule has 1 fully saturated rings. The van der Waals surface area contributed by atoms with Crippen LogP contribution < -0.4 is 0 Å². The predicted octanol–water partition coefficient (Wildman–Crippen LogP) is 2.77. The highest BCUT2D eigenvalue weighted by Gasteiger charge is 2.36. The largest absolute Gasteiger partial charge is 0.385 e. The number of aliphatic hydroxyl groups is 1. The highest BCUT2D eigenvalue weighted by molar-refractivity contribution is 7.59. The Morgan fingerprint density at radius 1 is 1.18 bits per heavy atom. The summed E-state index contributed by atoms with van der Waals surface area (Å²) in [6, 6.07) is 0. The van der Waals surface area contributed by atoms with Gasteiger partial charge in [-0.1, -0.05) is 34.6 Å². The first kappa shape index (κ1) is 9.48. The first-order valence-electron chi connectivity index (χ1n) is 4.70. The van der Waals surface area contributed by atoms with Crippen LogP contribution in [0.3, 0.4) is 0 Å². The second-order valence-corrected chi connectivity index (χ2v) is 6.54. The third-order valence-corrected chi connectivity index (χ3v) is 5.91. The maximum absolute atomic E-state index is 10.2. The lowest BCUT2D eigenvalue weighted by Gasteiger charge is -2.31. The van der Waals surface area contributed by atoms with E-state index in [1.54, 1.807) is 0 Å². The minimum absolute atomic E-state index is 0.0838. The first-order chi connectivity index (χ1) is 5.23. The maximum atomic E-state index is 10.2. The smallest absolute Gasteiger partial charge is 0.0834 e. The van der Waals surface area contributed by atoms with E-state index < -0.39 is 0 Å². The molecule has 1 aliphatic carbocycles. The van der Waals surface area contributed by atoms with Crippen molar-refractivity contribution in [3.8, 4) is 0 Å². The van der Waals surface area contributed by atoms with Crippen LogP contribution in [0.5, 0.6) is 0 Å². The van der Waals surface area contributed by atoms with Gasteiger partial charge in [-0.3, -0.25) is 0 Å². The highest BCUT2D eigenvalue weighted by Crippen LogP contribution is 2.55. The highest BCUT2D eigenvalue weighted by atomic mass is 31.1. The van der Waals surface area contributed by atoms with Gasteiger partial charge in [0.1, 0.15) is 0 Å². The van der Waals surface area contributed by atoms with Gasteiger partial charge in [0.15, 0.2) is 0 Å². The zero-order valence-corrected chi connectivity index (χ0v) is 8.53. The molecule has 1 nitrogen and oxygen atoms in total. The van der Waals surface area contributed by atoms with Gasteiger partial charge >= 0.3 is 0 Å². The van der Waals surface area contributed by atoms with Crippen LogP contribution in [0.15, 0.2) is 0 Å². The van der Waals surface area contributed by atoms with Crippen LogP contribution >= 0.6 is 7.92 Å². The van der Waals surface area contributed by atoms with E-state index in [1.165, 1.54) is 25.2 Å². The molecule has 0 heterocycles. The third kappa shape index (κ3) is 1.95. The SMILES string of the molecule is CCP(CC)C1(O)CCCC1. The van der Waals surface area contributed by atoms with E-state index in [-0.39, 0.29) is 13.3 Å². The van der Waals surface area contributed by atoms with E-state index in [0.717, 1.165) is 12.8 Å². The van der Waals surface area contributed by atoms with Crippen LogP contribution in [-0.2, 0) is 0 Å². The van der Waals surface area contributed by atoms with Crippen LogP contribution in [0.4, 0.5) is 0 Å². The summed E-state index contributed by atoms with van der Waals surface area (Å²) in [6.07, 6.45) is 7.02. The topological polar surface area (TPSA) is 20.2 Å². The van der Waals surface area contributed by atoms with Gasteiger partial charge in [-0.2, -0.15) is 0 Å². The minimum atomic E-state index is -0.223. The molecule has 1 aliphatic rings. The van der Waals surface area contributed by atoms with E-state index >= 15 is 0 Å². The summed E-state index contributed by atoms with van der Waals surface area (Å²) in [5, 5.41) is 9.96. The molecule has 1 rings (SSSR count). The molecule has 2 heteroatoms. The van der Waals surface area contributed by atoms with Crippen molar-refractivity contribution in [2.45, 2.75) is 44.9 Å². The second kappa shape index (κ2) is 3.87. The number of hydrogen-bond acceptors (Lipinski definition) is 1. The van der Waals surface area contributed by atoms with Crippen LogP contribution in [0.1, 0.15) is 39.5 Å². The van der Waals surface area contributed by atoms with Crippen molar-refractivity contribution < 1.29 is 5.11 Å². The van der Waals surface area contributed by atoms with Gasteiger partial charge in [-0.15, -0.1) is 0 Å². The van der Waals surface area contributed by atoms with Crippen LogP contribution in [0, 0.1) is 0 Å². The molecule has 0 aliphatic heterocycles. The van der Waals surface area contributed by atoms with E-state index in [9.17, 15) is 5.11 Å². The van der Waals surface area contributed by atoms with E-state index in [1.807, 2.05) is 0 Å². The molecule has 0 bridgehead atoms. The second-order valence-electron chi connectivity index (χ2n) is 3.36. The molecule has 0 amide bonds. The Balaban J connectivity index is 2.53. The van der Waals surface area contributed by atoms with Crippen molar-refractivity contribution in [1.82, 2.24) is 0 Å². The summed E-state index contributed by atoms with van der Waals surface area (Å²) in [7, 11) is -0.0838. The molecule has 1 saturated carbocycles. The van der Waals surface area contributed by atoms with Crippen molar-refractivity contribution in [3.05, 3.63) is 0 Å². The lowest BCUT2D eigenvalue weighted by Crippen LogP contribution is -2.23. The Labute approximate surface area is 70.9 Å². The van der Waals surface area contributed by atoms with Gasteiger partial charge in [0.05, 0.1) is 5.34 Å². The molecule has 11 heavy (non-hydrogen) atoms. The Morgan fingerprint density at radius 3 is 2.00 bits per heavy atom. The Bertz CT molecular complexity index is 115. The van der Waals surface area contributed by atoms with Crippen LogP contribution in [0.2, 0.25) is 0 Å². The van der Waals surface area contributed by atoms with Gasteiger partial charge in [0.2, 0.25) is 0 Å². The van der Waals surface area contributed by atoms with E-state index in [4.69, 9.17) is 0 Å². The van der Waals surface area contributed by atoms with E-state index in [2.05, 4.69) is 13.8 Å². The fourth-order valence-corrected chi connectivity index (χ4v) is 4.64. The molecule has 0 radical (unpaired) electrons. The summed E-state index contributed by atoms with van der Waals surface area (Å²) < 4.78 is 0. The van der Waals surface area contributed by atoms with Gasteiger partial charge in [0, 0.05) is 0 Å². The standard InChI is InChI=1S/C9H19OP/c1-3-11(4-2)9(10)7-5-6-8-9/h10H,3-8H2,1-2H3. The lowest BCUT2D eigenvalue weighted by molar-refractivity contribution is 0.138. The maximum Gasteiger partial charge on any atom is 0.0834 e. The summed E-state index contributed by atoms with van der Waals surface area (Å²) in [5.74, 6) is 0. The van der Waals surface area contributed by atoms with Crippen molar-refractivity contribution in [2.24, 2.45) is 0 Å². The van der Waals surface area contributed by atoms with Gasteiger partial charge in [-0.25, -0.2) is 0 Å². The molecule has 66 valence electrons. The molecule has 0 aromatic rings. The minimum Gasteiger partial charge on any atom is -0.385 e. The molecular formula is C9H19OP. The number of hydrogen-bond donors (Lipinski definition) is 1. The lowest BCUT2D eigenvalue weighted by atomic mass is 10.3. The summed E-state index contributed by atoms with van der Waals surface area (Å²) in [4.78, 5) is 0. The van der Waals surface area contributed by atoms with Crippen molar-refractivity contribution in [3.63, 3.8) is 0 Å². The molecular weight excluding hydrogens is 155 g/mol.